The van der Waals surface area contributed by atoms with Crippen LogP contribution in [0.3, 0.4) is 0 Å². The van der Waals surface area contributed by atoms with Crippen molar-refractivity contribution in [1.29, 1.82) is 0 Å². The number of nitro groups is 1. The molecule has 0 aliphatic heterocycles. The standard InChI is InChI=1S/C11H12N6O3/c1-12-9-5-7(8(6-13-9)17(19)20)11(18)15-10-3-4-14-16(10)2/h3-6H,1-2H3,(H,12,13)(H,15,18). The Bertz CT molecular complexity index is 666. The van der Waals surface area contributed by atoms with Crippen molar-refractivity contribution in [1.82, 2.24) is 14.8 Å². The molecule has 104 valence electrons. The topological polar surface area (TPSA) is 115 Å². The van der Waals surface area contributed by atoms with Crippen molar-refractivity contribution >= 4 is 23.2 Å². The van der Waals surface area contributed by atoms with E-state index in [4.69, 9.17) is 0 Å². The van der Waals surface area contributed by atoms with E-state index in [1.54, 1.807) is 20.2 Å². The Hall–Kier alpha value is -2.97. The second-order valence-corrected chi connectivity index (χ2v) is 3.89. The van der Waals surface area contributed by atoms with Crippen molar-refractivity contribution < 1.29 is 9.72 Å². The fraction of sp³-hybridized carbons (Fsp3) is 0.182. The molecule has 0 aliphatic rings. The molecule has 0 radical (unpaired) electrons. The molecule has 9 nitrogen and oxygen atoms in total. The molecule has 2 aromatic rings. The average Bonchev–Trinajstić information content (AvgIpc) is 2.83. The van der Waals surface area contributed by atoms with Gasteiger partial charge in [-0.25, -0.2) is 4.98 Å². The lowest BCUT2D eigenvalue weighted by atomic mass is 10.2. The molecule has 0 fully saturated rings. The van der Waals surface area contributed by atoms with Crippen LogP contribution in [-0.2, 0) is 7.05 Å². The highest BCUT2D eigenvalue weighted by Gasteiger charge is 2.22. The largest absolute Gasteiger partial charge is 0.373 e. The summed E-state index contributed by atoms with van der Waals surface area (Å²) in [6, 6.07) is 2.91. The van der Waals surface area contributed by atoms with E-state index in [-0.39, 0.29) is 11.3 Å². The number of nitrogens with zero attached hydrogens (tertiary/aromatic N) is 4. The van der Waals surface area contributed by atoms with Crippen molar-refractivity contribution in [2.45, 2.75) is 0 Å². The van der Waals surface area contributed by atoms with E-state index in [1.165, 1.54) is 16.9 Å². The van der Waals surface area contributed by atoms with Gasteiger partial charge in [0.2, 0.25) is 0 Å². The molecule has 0 spiro atoms. The number of hydrogen-bond donors (Lipinski definition) is 2. The summed E-state index contributed by atoms with van der Waals surface area (Å²) in [5.74, 6) is 0.206. The van der Waals surface area contributed by atoms with E-state index in [9.17, 15) is 14.9 Å². The molecule has 9 heteroatoms. The summed E-state index contributed by atoms with van der Waals surface area (Å²) < 4.78 is 1.45. The highest BCUT2D eigenvalue weighted by Crippen LogP contribution is 2.21. The molecule has 20 heavy (non-hydrogen) atoms. The zero-order valence-corrected chi connectivity index (χ0v) is 10.8. The predicted octanol–water partition coefficient (Wildman–Crippen LogP) is 1.02. The molecule has 0 unspecified atom stereocenters. The van der Waals surface area contributed by atoms with Crippen LogP contribution in [-0.4, -0.2) is 32.6 Å². The summed E-state index contributed by atoms with van der Waals surface area (Å²) in [6.45, 7) is 0. The van der Waals surface area contributed by atoms with Crippen LogP contribution < -0.4 is 10.6 Å². The van der Waals surface area contributed by atoms with Gasteiger partial charge in [-0.3, -0.25) is 19.6 Å². The van der Waals surface area contributed by atoms with Crippen LogP contribution in [0, 0.1) is 10.1 Å². The molecule has 2 rings (SSSR count). The summed E-state index contributed by atoms with van der Waals surface area (Å²) >= 11 is 0. The zero-order chi connectivity index (χ0) is 14.7. The summed E-state index contributed by atoms with van der Waals surface area (Å²) in [5.41, 5.74) is -0.431. The van der Waals surface area contributed by atoms with Crippen LogP contribution in [0.25, 0.3) is 0 Å². The van der Waals surface area contributed by atoms with Crippen LogP contribution in [0.1, 0.15) is 10.4 Å². The van der Waals surface area contributed by atoms with Crippen LogP contribution >= 0.6 is 0 Å². The molecule has 0 saturated carbocycles. The van der Waals surface area contributed by atoms with Crippen LogP contribution in [0.15, 0.2) is 24.5 Å². The van der Waals surface area contributed by atoms with Gasteiger partial charge >= 0.3 is 0 Å². The third kappa shape index (κ3) is 2.55. The van der Waals surface area contributed by atoms with Gasteiger partial charge in [0.05, 0.1) is 11.1 Å². The van der Waals surface area contributed by atoms with Crippen molar-refractivity contribution in [2.24, 2.45) is 7.05 Å². The highest BCUT2D eigenvalue weighted by molar-refractivity contribution is 6.07. The van der Waals surface area contributed by atoms with Gasteiger partial charge in [-0.1, -0.05) is 0 Å². The fourth-order valence-electron chi connectivity index (χ4n) is 1.59. The van der Waals surface area contributed by atoms with E-state index in [1.807, 2.05) is 0 Å². The number of carbonyl (C=O) groups excluding carboxylic acids is 1. The van der Waals surface area contributed by atoms with Gasteiger partial charge in [-0.05, 0) is 0 Å². The van der Waals surface area contributed by atoms with Gasteiger partial charge in [-0.2, -0.15) is 5.10 Å². The van der Waals surface area contributed by atoms with Gasteiger partial charge < -0.3 is 10.6 Å². The Labute approximate surface area is 113 Å². The van der Waals surface area contributed by atoms with Gasteiger partial charge in [0.25, 0.3) is 11.6 Å². The maximum atomic E-state index is 12.1. The number of anilines is 2. The lowest BCUT2D eigenvalue weighted by Crippen LogP contribution is -2.16. The van der Waals surface area contributed by atoms with Crippen molar-refractivity contribution in [3.05, 3.63) is 40.2 Å². The second kappa shape index (κ2) is 5.34. The monoisotopic (exact) mass is 276 g/mol. The van der Waals surface area contributed by atoms with Crippen molar-refractivity contribution in [3.8, 4) is 0 Å². The molecule has 0 aromatic carbocycles. The summed E-state index contributed by atoms with van der Waals surface area (Å²) in [6.07, 6.45) is 2.56. The number of pyridine rings is 1. The first-order valence-electron chi connectivity index (χ1n) is 5.64. The maximum absolute atomic E-state index is 12.1. The molecular formula is C11H12N6O3. The lowest BCUT2D eigenvalue weighted by molar-refractivity contribution is -0.385. The Kier molecular flexibility index (Phi) is 3.60. The predicted molar refractivity (Wildman–Crippen MR) is 71.6 cm³/mol. The Morgan fingerprint density at radius 1 is 1.50 bits per heavy atom. The second-order valence-electron chi connectivity index (χ2n) is 3.89. The first kappa shape index (κ1) is 13.5. The van der Waals surface area contributed by atoms with E-state index >= 15 is 0 Å². The normalized spacial score (nSPS) is 10.1. The summed E-state index contributed by atoms with van der Waals surface area (Å²) in [7, 11) is 3.26. The molecular weight excluding hydrogens is 264 g/mol. The van der Waals surface area contributed by atoms with E-state index in [0.29, 0.717) is 11.6 Å². The number of carbonyl (C=O) groups is 1. The smallest absolute Gasteiger partial charge is 0.300 e. The molecule has 0 aliphatic carbocycles. The van der Waals surface area contributed by atoms with Crippen LogP contribution in [0.2, 0.25) is 0 Å². The molecule has 2 heterocycles. The van der Waals surface area contributed by atoms with E-state index in [0.717, 1.165) is 6.20 Å². The van der Waals surface area contributed by atoms with E-state index in [2.05, 4.69) is 20.7 Å². The van der Waals surface area contributed by atoms with Crippen LogP contribution in [0.5, 0.6) is 0 Å². The molecule has 0 atom stereocenters. The Morgan fingerprint density at radius 3 is 2.80 bits per heavy atom. The molecule has 0 saturated heterocycles. The lowest BCUT2D eigenvalue weighted by Gasteiger charge is -2.07. The number of aryl methyl sites for hydroxylation is 1. The minimum Gasteiger partial charge on any atom is -0.373 e. The van der Waals surface area contributed by atoms with Gasteiger partial charge in [-0.15, -0.1) is 0 Å². The number of aromatic nitrogens is 3. The third-order valence-electron chi connectivity index (χ3n) is 2.64. The number of nitrogens with one attached hydrogen (secondary N) is 2. The third-order valence-corrected chi connectivity index (χ3v) is 2.64. The number of amides is 1. The average molecular weight is 276 g/mol. The Balaban J connectivity index is 2.37. The quantitative estimate of drug-likeness (QED) is 0.636. The first-order valence-corrected chi connectivity index (χ1v) is 5.64. The molecule has 0 bridgehead atoms. The molecule has 2 N–H and O–H groups in total. The highest BCUT2D eigenvalue weighted by atomic mass is 16.6. The minimum atomic E-state index is -0.648. The van der Waals surface area contributed by atoms with Crippen LogP contribution in [0.4, 0.5) is 17.3 Å². The van der Waals surface area contributed by atoms with E-state index < -0.39 is 10.8 Å². The first-order chi connectivity index (χ1) is 9.52. The summed E-state index contributed by atoms with van der Waals surface area (Å²) in [4.78, 5) is 26.3. The van der Waals surface area contributed by atoms with Crippen molar-refractivity contribution in [2.75, 3.05) is 17.7 Å². The minimum absolute atomic E-state index is 0.0736. The Morgan fingerprint density at radius 2 is 2.25 bits per heavy atom. The number of rotatable bonds is 4. The SMILES string of the molecule is CNc1cc(C(=O)Nc2ccnn2C)c([N+](=O)[O-])cn1. The molecule has 2 aromatic heterocycles. The van der Waals surface area contributed by atoms with Gasteiger partial charge in [0.1, 0.15) is 23.4 Å². The molecule has 1 amide bonds. The summed E-state index contributed by atoms with van der Waals surface area (Å²) in [5, 5.41) is 20.1. The number of hydrogen-bond acceptors (Lipinski definition) is 6. The fourth-order valence-corrected chi connectivity index (χ4v) is 1.59. The van der Waals surface area contributed by atoms with Gasteiger partial charge in [0.15, 0.2) is 0 Å². The maximum Gasteiger partial charge on any atom is 0.300 e. The van der Waals surface area contributed by atoms with Gasteiger partial charge in [0, 0.05) is 26.2 Å². The van der Waals surface area contributed by atoms with Crippen molar-refractivity contribution in [3.63, 3.8) is 0 Å². The zero-order valence-electron chi connectivity index (χ0n) is 10.8.